The molecule has 0 aliphatic heterocycles. The lowest BCUT2D eigenvalue weighted by Crippen LogP contribution is -2.31. The topological polar surface area (TPSA) is 0 Å². The van der Waals surface area contributed by atoms with E-state index in [1.54, 1.807) is 11.1 Å². The molecular weight excluding hydrogens is 252 g/mol. The van der Waals surface area contributed by atoms with E-state index in [1.807, 2.05) is 5.57 Å². The van der Waals surface area contributed by atoms with Crippen LogP contribution in [0.25, 0.3) is 0 Å². The molecule has 0 aromatic rings. The van der Waals surface area contributed by atoms with Gasteiger partial charge >= 0.3 is 0 Å². The highest BCUT2D eigenvalue weighted by molar-refractivity contribution is 5.48. The first-order chi connectivity index (χ1) is 10.2. The van der Waals surface area contributed by atoms with Crippen LogP contribution in [0.5, 0.6) is 0 Å². The lowest BCUT2D eigenvalue weighted by Gasteiger charge is -2.42. The molecule has 2 unspecified atom stereocenters. The highest BCUT2D eigenvalue weighted by atomic mass is 14.5. The number of rotatable bonds is 8. The molecular formula is C21H34. The second-order valence-corrected chi connectivity index (χ2v) is 6.93. The third kappa shape index (κ3) is 3.05. The second kappa shape index (κ2) is 7.47. The fourth-order valence-electron chi connectivity index (χ4n) is 4.65. The molecule has 0 heterocycles. The highest BCUT2D eigenvalue weighted by Gasteiger charge is 2.43. The van der Waals surface area contributed by atoms with Crippen molar-refractivity contribution in [3.8, 4) is 0 Å². The molecule has 2 rings (SSSR count). The van der Waals surface area contributed by atoms with Crippen molar-refractivity contribution in [2.75, 3.05) is 0 Å². The van der Waals surface area contributed by atoms with Gasteiger partial charge in [-0.3, -0.25) is 0 Å². The Bertz CT molecular complexity index is 435. The zero-order valence-corrected chi connectivity index (χ0v) is 14.7. The van der Waals surface area contributed by atoms with Crippen molar-refractivity contribution >= 4 is 0 Å². The zero-order chi connectivity index (χ0) is 15.3. The maximum absolute atomic E-state index is 2.67. The summed E-state index contributed by atoms with van der Waals surface area (Å²) in [5.41, 5.74) is 5.64. The second-order valence-electron chi connectivity index (χ2n) is 6.93. The number of hydrogen-bond donors (Lipinski definition) is 0. The minimum absolute atomic E-state index is 0.381. The Morgan fingerprint density at radius 1 is 0.952 bits per heavy atom. The minimum Gasteiger partial charge on any atom is -0.0870 e. The lowest BCUT2D eigenvalue weighted by atomic mass is 9.62. The minimum atomic E-state index is 0.381. The molecule has 0 N–H and O–H groups in total. The van der Waals surface area contributed by atoms with Crippen LogP contribution < -0.4 is 0 Å². The summed E-state index contributed by atoms with van der Waals surface area (Å²) in [5.74, 6) is 0.751. The monoisotopic (exact) mass is 286 g/mol. The van der Waals surface area contributed by atoms with Crippen LogP contribution in [0.15, 0.2) is 34.9 Å². The molecule has 0 nitrogen and oxygen atoms in total. The molecule has 0 amide bonds. The summed E-state index contributed by atoms with van der Waals surface area (Å²) < 4.78 is 0. The van der Waals surface area contributed by atoms with E-state index >= 15 is 0 Å². The molecule has 0 fully saturated rings. The molecule has 0 radical (unpaired) electrons. The van der Waals surface area contributed by atoms with E-state index in [4.69, 9.17) is 0 Å². The van der Waals surface area contributed by atoms with Crippen LogP contribution in [-0.2, 0) is 0 Å². The SMILES string of the molecule is CCCC1=CC2CC=CC2(CCC)C(CCC)=C1CCC. The molecule has 0 aromatic heterocycles. The predicted molar refractivity (Wildman–Crippen MR) is 94.4 cm³/mol. The van der Waals surface area contributed by atoms with Gasteiger partial charge in [0, 0.05) is 5.41 Å². The Labute approximate surface area is 132 Å². The zero-order valence-electron chi connectivity index (χ0n) is 14.7. The standard InChI is InChI=1S/C21H34/c1-5-10-17-16-18-13-9-15-21(18,14-8-4)20(12-7-3)19(17)11-6-2/h9,15-16,18H,5-8,10-14H2,1-4H3. The van der Waals surface area contributed by atoms with Crippen LogP contribution >= 0.6 is 0 Å². The predicted octanol–water partition coefficient (Wildman–Crippen LogP) is 6.99. The third-order valence-electron chi connectivity index (χ3n) is 5.37. The molecule has 2 aliphatic rings. The molecule has 0 saturated carbocycles. The van der Waals surface area contributed by atoms with Crippen molar-refractivity contribution in [2.24, 2.45) is 11.3 Å². The summed E-state index contributed by atoms with van der Waals surface area (Å²) in [7, 11) is 0. The van der Waals surface area contributed by atoms with Crippen molar-refractivity contribution in [3.05, 3.63) is 34.9 Å². The van der Waals surface area contributed by atoms with Gasteiger partial charge in [0.2, 0.25) is 0 Å². The van der Waals surface area contributed by atoms with Gasteiger partial charge in [-0.1, -0.05) is 77.2 Å². The molecule has 2 aliphatic carbocycles. The van der Waals surface area contributed by atoms with Crippen LogP contribution in [0.1, 0.15) is 85.5 Å². The van der Waals surface area contributed by atoms with E-state index in [1.165, 1.54) is 57.8 Å². The molecule has 0 spiro atoms. The number of fused-ring (bicyclic) bond motifs is 1. The van der Waals surface area contributed by atoms with Gasteiger partial charge in [0.25, 0.3) is 0 Å². The van der Waals surface area contributed by atoms with Gasteiger partial charge in [-0.05, 0) is 49.2 Å². The number of hydrogen-bond acceptors (Lipinski definition) is 0. The van der Waals surface area contributed by atoms with Crippen molar-refractivity contribution < 1.29 is 0 Å². The van der Waals surface area contributed by atoms with Crippen LogP contribution in [-0.4, -0.2) is 0 Å². The third-order valence-corrected chi connectivity index (χ3v) is 5.37. The van der Waals surface area contributed by atoms with Gasteiger partial charge in [0.05, 0.1) is 0 Å². The first-order valence-electron chi connectivity index (χ1n) is 9.34. The van der Waals surface area contributed by atoms with E-state index in [2.05, 4.69) is 45.9 Å². The van der Waals surface area contributed by atoms with Gasteiger partial charge in [-0.25, -0.2) is 0 Å². The van der Waals surface area contributed by atoms with E-state index in [9.17, 15) is 0 Å². The maximum Gasteiger partial charge on any atom is 0.0162 e. The van der Waals surface area contributed by atoms with E-state index in [-0.39, 0.29) is 0 Å². The Hall–Kier alpha value is -0.780. The van der Waals surface area contributed by atoms with Crippen LogP contribution in [0.2, 0.25) is 0 Å². The highest BCUT2D eigenvalue weighted by Crippen LogP contribution is 2.55. The molecule has 0 heteroatoms. The van der Waals surface area contributed by atoms with Crippen LogP contribution in [0.4, 0.5) is 0 Å². The summed E-state index contributed by atoms with van der Waals surface area (Å²) in [5, 5.41) is 0. The molecule has 2 atom stereocenters. The van der Waals surface area contributed by atoms with Crippen molar-refractivity contribution in [2.45, 2.75) is 85.5 Å². The van der Waals surface area contributed by atoms with Gasteiger partial charge in [0.15, 0.2) is 0 Å². The smallest absolute Gasteiger partial charge is 0.0162 e. The largest absolute Gasteiger partial charge is 0.0870 e. The van der Waals surface area contributed by atoms with Crippen molar-refractivity contribution in [1.82, 2.24) is 0 Å². The number of allylic oxidation sites excluding steroid dienone is 6. The van der Waals surface area contributed by atoms with E-state index in [0.29, 0.717) is 5.41 Å². The van der Waals surface area contributed by atoms with E-state index in [0.717, 1.165) is 5.92 Å². The van der Waals surface area contributed by atoms with Crippen LogP contribution in [0.3, 0.4) is 0 Å². The van der Waals surface area contributed by atoms with Gasteiger partial charge < -0.3 is 0 Å². The normalized spacial score (nSPS) is 28.0. The van der Waals surface area contributed by atoms with Gasteiger partial charge in [-0.15, -0.1) is 0 Å². The van der Waals surface area contributed by atoms with Gasteiger partial charge in [0.1, 0.15) is 0 Å². The molecule has 0 bridgehead atoms. The molecule has 118 valence electrons. The first kappa shape index (κ1) is 16.6. The molecule has 0 saturated heterocycles. The Morgan fingerprint density at radius 2 is 1.67 bits per heavy atom. The van der Waals surface area contributed by atoms with Gasteiger partial charge in [-0.2, -0.15) is 0 Å². The Kier molecular flexibility index (Phi) is 5.90. The Balaban J connectivity index is 2.50. The summed E-state index contributed by atoms with van der Waals surface area (Å²) in [6.45, 7) is 9.36. The first-order valence-corrected chi connectivity index (χ1v) is 9.34. The summed E-state index contributed by atoms with van der Waals surface area (Å²) in [4.78, 5) is 0. The molecule has 0 aromatic carbocycles. The van der Waals surface area contributed by atoms with E-state index < -0.39 is 0 Å². The van der Waals surface area contributed by atoms with Crippen molar-refractivity contribution in [1.29, 1.82) is 0 Å². The maximum atomic E-state index is 2.67. The van der Waals surface area contributed by atoms with Crippen molar-refractivity contribution in [3.63, 3.8) is 0 Å². The quantitative estimate of drug-likeness (QED) is 0.422. The average Bonchev–Trinajstić information content (AvgIpc) is 2.87. The fraction of sp³-hybridized carbons (Fsp3) is 0.714. The Morgan fingerprint density at radius 3 is 2.29 bits per heavy atom. The summed E-state index contributed by atoms with van der Waals surface area (Å²) in [6, 6.07) is 0. The fourth-order valence-corrected chi connectivity index (χ4v) is 4.65. The van der Waals surface area contributed by atoms with Crippen LogP contribution in [0, 0.1) is 11.3 Å². The summed E-state index contributed by atoms with van der Waals surface area (Å²) >= 11 is 0. The summed E-state index contributed by atoms with van der Waals surface area (Å²) in [6.07, 6.45) is 19.3. The average molecular weight is 287 g/mol. The lowest BCUT2D eigenvalue weighted by molar-refractivity contribution is 0.308. The molecule has 21 heavy (non-hydrogen) atoms.